The fourth-order valence-corrected chi connectivity index (χ4v) is 4.06. The molecule has 0 aromatic carbocycles. The van der Waals surface area contributed by atoms with Gasteiger partial charge in [0.05, 0.1) is 5.69 Å². The first-order chi connectivity index (χ1) is 10.6. The average Bonchev–Trinajstić information content (AvgIpc) is 2.78. The van der Waals surface area contributed by atoms with Crippen molar-refractivity contribution >= 4 is 0 Å². The Morgan fingerprint density at radius 3 is 2.91 bits per heavy atom. The highest BCUT2D eigenvalue weighted by Gasteiger charge is 2.34. The summed E-state index contributed by atoms with van der Waals surface area (Å²) in [5.74, 6) is 2.12. The lowest BCUT2D eigenvalue weighted by Gasteiger charge is -2.42. The smallest absolute Gasteiger partial charge is 0.250 e. The van der Waals surface area contributed by atoms with Gasteiger partial charge in [0.25, 0.3) is 5.56 Å². The van der Waals surface area contributed by atoms with Crippen LogP contribution >= 0.6 is 0 Å². The number of nitrogens with zero attached hydrogens (tertiary/aromatic N) is 4. The summed E-state index contributed by atoms with van der Waals surface area (Å²) in [6.45, 7) is 5.90. The number of hydrogen-bond acceptors (Lipinski definition) is 3. The van der Waals surface area contributed by atoms with Gasteiger partial charge in [0.15, 0.2) is 0 Å². The summed E-state index contributed by atoms with van der Waals surface area (Å²) in [7, 11) is 2.04. The molecule has 1 saturated heterocycles. The van der Waals surface area contributed by atoms with Crippen molar-refractivity contribution in [2.24, 2.45) is 13.0 Å². The standard InChI is InChI=1S/C17H22N4O/c1-12-18-15(10-19(12)2)11-20-7-13-6-14(9-20)16-4-3-5-17(22)21(16)8-13/h3-5,10,13-14H,6-9,11H2,1-2H3/t13-,14+/m0/s1. The van der Waals surface area contributed by atoms with Crippen LogP contribution in [0.5, 0.6) is 0 Å². The van der Waals surface area contributed by atoms with Gasteiger partial charge in [-0.2, -0.15) is 0 Å². The van der Waals surface area contributed by atoms with Crippen LogP contribution in [-0.2, 0) is 20.1 Å². The fraction of sp³-hybridized carbons (Fsp3) is 0.529. The maximum absolute atomic E-state index is 12.0. The Labute approximate surface area is 130 Å². The van der Waals surface area contributed by atoms with Crippen molar-refractivity contribution < 1.29 is 0 Å². The highest BCUT2D eigenvalue weighted by molar-refractivity contribution is 5.17. The Morgan fingerprint density at radius 2 is 2.14 bits per heavy atom. The van der Waals surface area contributed by atoms with Crippen LogP contribution < -0.4 is 5.56 Å². The largest absolute Gasteiger partial charge is 0.338 e. The number of hydrogen-bond donors (Lipinski definition) is 0. The SMILES string of the molecule is Cc1nc(CN2C[C@@H]3C[C@H](C2)c2cccc(=O)n2C3)cn1C. The van der Waals surface area contributed by atoms with E-state index in [1.165, 1.54) is 12.1 Å². The summed E-state index contributed by atoms with van der Waals surface area (Å²) in [6.07, 6.45) is 3.33. The molecular weight excluding hydrogens is 276 g/mol. The van der Waals surface area contributed by atoms with Crippen molar-refractivity contribution in [2.75, 3.05) is 13.1 Å². The summed E-state index contributed by atoms with van der Waals surface area (Å²) < 4.78 is 4.07. The third kappa shape index (κ3) is 2.29. The third-order valence-electron chi connectivity index (χ3n) is 5.10. The molecule has 0 amide bonds. The predicted octanol–water partition coefficient (Wildman–Crippen LogP) is 1.51. The molecule has 2 aromatic rings. The van der Waals surface area contributed by atoms with E-state index in [9.17, 15) is 4.79 Å². The second-order valence-electron chi connectivity index (χ2n) is 6.78. The summed E-state index contributed by atoms with van der Waals surface area (Å²) in [4.78, 5) is 19.2. The number of piperidine rings is 1. The molecule has 22 heavy (non-hydrogen) atoms. The molecule has 2 aromatic heterocycles. The van der Waals surface area contributed by atoms with Crippen molar-refractivity contribution in [2.45, 2.75) is 32.4 Å². The molecule has 4 rings (SSSR count). The number of imidazole rings is 1. The van der Waals surface area contributed by atoms with Crippen LogP contribution in [0.3, 0.4) is 0 Å². The maximum Gasteiger partial charge on any atom is 0.250 e. The zero-order valence-electron chi connectivity index (χ0n) is 13.2. The summed E-state index contributed by atoms with van der Waals surface area (Å²) in [5, 5.41) is 0. The monoisotopic (exact) mass is 298 g/mol. The first-order valence-electron chi connectivity index (χ1n) is 8.01. The second kappa shape index (κ2) is 5.09. The third-order valence-corrected chi connectivity index (χ3v) is 5.10. The van der Waals surface area contributed by atoms with E-state index in [0.717, 1.165) is 37.7 Å². The molecule has 0 aliphatic carbocycles. The Balaban J connectivity index is 1.57. The van der Waals surface area contributed by atoms with Gasteiger partial charge in [0.2, 0.25) is 0 Å². The number of aromatic nitrogens is 3. The lowest BCUT2D eigenvalue weighted by atomic mass is 9.83. The molecule has 0 spiro atoms. The lowest BCUT2D eigenvalue weighted by Crippen LogP contribution is -2.46. The normalized spacial score (nSPS) is 24.3. The van der Waals surface area contributed by atoms with E-state index < -0.39 is 0 Å². The van der Waals surface area contributed by atoms with Crippen LogP contribution in [0.15, 0.2) is 29.2 Å². The van der Waals surface area contributed by atoms with Crippen molar-refractivity contribution in [1.82, 2.24) is 19.0 Å². The summed E-state index contributed by atoms with van der Waals surface area (Å²) in [6, 6.07) is 5.70. The highest BCUT2D eigenvalue weighted by Crippen LogP contribution is 2.35. The fourth-order valence-electron chi connectivity index (χ4n) is 4.06. The minimum atomic E-state index is 0.154. The first-order valence-corrected chi connectivity index (χ1v) is 8.01. The van der Waals surface area contributed by atoms with Crippen molar-refractivity contribution in [1.29, 1.82) is 0 Å². The van der Waals surface area contributed by atoms with Crippen molar-refractivity contribution in [3.8, 4) is 0 Å². The van der Waals surface area contributed by atoms with E-state index in [-0.39, 0.29) is 5.56 Å². The number of rotatable bonds is 2. The van der Waals surface area contributed by atoms with Gasteiger partial charge in [0.1, 0.15) is 5.82 Å². The molecule has 1 fully saturated rings. The number of aryl methyl sites for hydroxylation is 2. The summed E-state index contributed by atoms with van der Waals surface area (Å²) in [5.41, 5.74) is 2.51. The maximum atomic E-state index is 12.0. The van der Waals surface area contributed by atoms with E-state index in [2.05, 4.69) is 26.7 Å². The average molecular weight is 298 g/mol. The molecule has 2 atom stereocenters. The van der Waals surface area contributed by atoms with Gasteiger partial charge in [-0.25, -0.2) is 4.98 Å². The summed E-state index contributed by atoms with van der Waals surface area (Å²) >= 11 is 0. The minimum absolute atomic E-state index is 0.154. The van der Waals surface area contributed by atoms with Gasteiger partial charge in [-0.15, -0.1) is 0 Å². The van der Waals surface area contributed by atoms with E-state index in [4.69, 9.17) is 0 Å². The highest BCUT2D eigenvalue weighted by atomic mass is 16.1. The molecule has 2 aliphatic heterocycles. The quantitative estimate of drug-likeness (QED) is 0.844. The minimum Gasteiger partial charge on any atom is -0.338 e. The van der Waals surface area contributed by atoms with E-state index >= 15 is 0 Å². The first kappa shape index (κ1) is 13.8. The molecule has 2 aliphatic rings. The Hall–Kier alpha value is -1.88. The lowest BCUT2D eigenvalue weighted by molar-refractivity contribution is 0.113. The zero-order valence-corrected chi connectivity index (χ0v) is 13.2. The molecule has 4 heterocycles. The van der Waals surface area contributed by atoms with Crippen molar-refractivity contribution in [3.05, 3.63) is 52.0 Å². The Morgan fingerprint density at radius 1 is 1.27 bits per heavy atom. The molecular formula is C17H22N4O. The second-order valence-corrected chi connectivity index (χ2v) is 6.78. The topological polar surface area (TPSA) is 43.1 Å². The van der Waals surface area contributed by atoms with Gasteiger partial charge >= 0.3 is 0 Å². The molecule has 0 radical (unpaired) electrons. The molecule has 116 valence electrons. The Kier molecular flexibility index (Phi) is 3.18. The Bertz CT molecular complexity index is 741. The molecule has 5 heteroatoms. The molecule has 5 nitrogen and oxygen atoms in total. The van der Waals surface area contributed by atoms with Gasteiger partial charge < -0.3 is 9.13 Å². The molecule has 0 saturated carbocycles. The molecule has 2 bridgehead atoms. The van der Waals surface area contributed by atoms with E-state index in [1.54, 1.807) is 6.07 Å². The molecule has 0 unspecified atom stereocenters. The number of likely N-dealkylation sites (tertiary alicyclic amines) is 1. The van der Waals surface area contributed by atoms with Gasteiger partial charge in [-0.05, 0) is 25.3 Å². The van der Waals surface area contributed by atoms with Crippen molar-refractivity contribution in [3.63, 3.8) is 0 Å². The van der Waals surface area contributed by atoms with Gasteiger partial charge in [-0.3, -0.25) is 9.69 Å². The van der Waals surface area contributed by atoms with Crippen LogP contribution in [0.4, 0.5) is 0 Å². The van der Waals surface area contributed by atoms with Crippen LogP contribution in [0.25, 0.3) is 0 Å². The van der Waals surface area contributed by atoms with E-state index in [1.807, 2.05) is 24.6 Å². The van der Waals surface area contributed by atoms with E-state index in [0.29, 0.717) is 11.8 Å². The van der Waals surface area contributed by atoms with Crippen LogP contribution in [0, 0.1) is 12.8 Å². The predicted molar refractivity (Wildman–Crippen MR) is 84.8 cm³/mol. The van der Waals surface area contributed by atoms with Gasteiger partial charge in [-0.1, -0.05) is 6.07 Å². The number of fused-ring (bicyclic) bond motifs is 4. The van der Waals surface area contributed by atoms with Crippen LogP contribution in [0.1, 0.15) is 29.6 Å². The van der Waals surface area contributed by atoms with Crippen LogP contribution in [-0.4, -0.2) is 32.1 Å². The number of pyridine rings is 1. The van der Waals surface area contributed by atoms with Gasteiger partial charge in [0, 0.05) is 57.1 Å². The zero-order chi connectivity index (χ0) is 15.3. The molecule has 0 N–H and O–H groups in total. The van der Waals surface area contributed by atoms with Crippen LogP contribution in [0.2, 0.25) is 0 Å².